The lowest BCUT2D eigenvalue weighted by Crippen LogP contribution is -2.42. The molecule has 2 rings (SSSR count). The van der Waals surface area contributed by atoms with Gasteiger partial charge in [-0.05, 0) is 43.4 Å². The van der Waals surface area contributed by atoms with Crippen LogP contribution >= 0.6 is 0 Å². The standard InChI is InChI=1S/C17H26N2O4S/c1-23-16-7-5-14(6-8-16)4-3-11-18-17(20)15-9-12-19(13-10-15)24(2,21)22/h5-8,15H,3-4,9-13H2,1-2H3,(H,18,20). The van der Waals surface area contributed by atoms with E-state index in [2.05, 4.69) is 5.32 Å². The number of ether oxygens (including phenoxy) is 1. The van der Waals surface area contributed by atoms with Crippen molar-refractivity contribution in [2.45, 2.75) is 25.7 Å². The molecule has 24 heavy (non-hydrogen) atoms. The molecule has 1 heterocycles. The molecule has 1 fully saturated rings. The highest BCUT2D eigenvalue weighted by molar-refractivity contribution is 7.88. The number of carbonyl (C=O) groups excluding carboxylic acids is 1. The lowest BCUT2D eigenvalue weighted by molar-refractivity contribution is -0.126. The van der Waals surface area contributed by atoms with E-state index in [1.165, 1.54) is 16.1 Å². The first-order chi connectivity index (χ1) is 11.4. The molecule has 7 heteroatoms. The van der Waals surface area contributed by atoms with Crippen LogP contribution in [0.1, 0.15) is 24.8 Å². The summed E-state index contributed by atoms with van der Waals surface area (Å²) in [7, 11) is -1.50. The summed E-state index contributed by atoms with van der Waals surface area (Å²) in [5, 5.41) is 2.97. The molecule has 0 radical (unpaired) electrons. The van der Waals surface area contributed by atoms with E-state index in [1.54, 1.807) is 7.11 Å². The van der Waals surface area contributed by atoms with Crippen molar-refractivity contribution in [2.75, 3.05) is 33.0 Å². The highest BCUT2D eigenvalue weighted by Gasteiger charge is 2.28. The predicted molar refractivity (Wildman–Crippen MR) is 93.5 cm³/mol. The number of amides is 1. The maximum Gasteiger partial charge on any atom is 0.223 e. The number of piperidine rings is 1. The summed E-state index contributed by atoms with van der Waals surface area (Å²) in [6, 6.07) is 7.93. The number of hydrogen-bond donors (Lipinski definition) is 1. The summed E-state index contributed by atoms with van der Waals surface area (Å²) in [6.45, 7) is 1.50. The fourth-order valence-corrected chi connectivity index (χ4v) is 3.76. The molecule has 6 nitrogen and oxygen atoms in total. The van der Waals surface area contributed by atoms with E-state index < -0.39 is 10.0 Å². The summed E-state index contributed by atoms with van der Waals surface area (Å²) < 4.78 is 29.5. The first kappa shape index (κ1) is 18.7. The Kier molecular flexibility index (Phi) is 6.62. The number of benzene rings is 1. The summed E-state index contributed by atoms with van der Waals surface area (Å²) in [6.07, 6.45) is 4.18. The molecule has 0 unspecified atom stereocenters. The average molecular weight is 354 g/mol. The number of hydrogen-bond acceptors (Lipinski definition) is 4. The first-order valence-corrected chi connectivity index (χ1v) is 10.1. The number of methoxy groups -OCH3 is 1. The zero-order valence-electron chi connectivity index (χ0n) is 14.3. The smallest absolute Gasteiger partial charge is 0.223 e. The molecule has 1 amide bonds. The van der Waals surface area contributed by atoms with Gasteiger partial charge in [0, 0.05) is 25.6 Å². The van der Waals surface area contributed by atoms with Crippen LogP contribution in [0.15, 0.2) is 24.3 Å². The minimum Gasteiger partial charge on any atom is -0.497 e. The van der Waals surface area contributed by atoms with Crippen LogP contribution in [0, 0.1) is 5.92 Å². The molecular formula is C17H26N2O4S. The van der Waals surface area contributed by atoms with Gasteiger partial charge in [-0.1, -0.05) is 12.1 Å². The van der Waals surface area contributed by atoms with Crippen molar-refractivity contribution in [1.29, 1.82) is 0 Å². The van der Waals surface area contributed by atoms with Crippen molar-refractivity contribution in [3.63, 3.8) is 0 Å². The Labute approximate surface area is 144 Å². The van der Waals surface area contributed by atoms with E-state index in [9.17, 15) is 13.2 Å². The van der Waals surface area contributed by atoms with E-state index >= 15 is 0 Å². The van der Waals surface area contributed by atoms with Crippen molar-refractivity contribution >= 4 is 15.9 Å². The zero-order valence-corrected chi connectivity index (χ0v) is 15.1. The van der Waals surface area contributed by atoms with Gasteiger partial charge >= 0.3 is 0 Å². The Hall–Kier alpha value is -1.60. The van der Waals surface area contributed by atoms with Crippen LogP contribution in [-0.4, -0.2) is 51.6 Å². The fraction of sp³-hybridized carbons (Fsp3) is 0.588. The highest BCUT2D eigenvalue weighted by atomic mass is 32.2. The van der Waals surface area contributed by atoms with Gasteiger partial charge in [-0.25, -0.2) is 12.7 Å². The fourth-order valence-electron chi connectivity index (χ4n) is 2.89. The van der Waals surface area contributed by atoms with Crippen LogP contribution in [0.2, 0.25) is 0 Å². The van der Waals surface area contributed by atoms with Gasteiger partial charge in [0.1, 0.15) is 5.75 Å². The van der Waals surface area contributed by atoms with Gasteiger partial charge in [-0.15, -0.1) is 0 Å². The molecule has 0 atom stereocenters. The van der Waals surface area contributed by atoms with Crippen LogP contribution in [0.25, 0.3) is 0 Å². The van der Waals surface area contributed by atoms with Crippen LogP contribution in [0.3, 0.4) is 0 Å². The molecule has 1 aromatic carbocycles. The Morgan fingerprint density at radius 1 is 1.25 bits per heavy atom. The monoisotopic (exact) mass is 354 g/mol. The third-order valence-corrected chi connectivity index (χ3v) is 5.70. The third-order valence-electron chi connectivity index (χ3n) is 4.39. The van der Waals surface area contributed by atoms with Crippen molar-refractivity contribution < 1.29 is 17.9 Å². The second kappa shape index (κ2) is 8.48. The topological polar surface area (TPSA) is 75.7 Å². The molecule has 0 bridgehead atoms. The lowest BCUT2D eigenvalue weighted by Gasteiger charge is -2.29. The SMILES string of the molecule is COc1ccc(CCCNC(=O)C2CCN(S(C)(=O)=O)CC2)cc1. The minimum absolute atomic E-state index is 0.0397. The zero-order chi connectivity index (χ0) is 17.6. The van der Waals surface area contributed by atoms with E-state index in [-0.39, 0.29) is 11.8 Å². The van der Waals surface area contributed by atoms with Crippen molar-refractivity contribution in [3.8, 4) is 5.75 Å². The Balaban J connectivity index is 1.66. The van der Waals surface area contributed by atoms with Crippen LogP contribution < -0.4 is 10.1 Å². The van der Waals surface area contributed by atoms with Gasteiger partial charge in [0.25, 0.3) is 0 Å². The maximum atomic E-state index is 12.2. The van der Waals surface area contributed by atoms with E-state index in [0.29, 0.717) is 32.5 Å². The number of aryl methyl sites for hydroxylation is 1. The predicted octanol–water partition coefficient (Wildman–Crippen LogP) is 1.42. The number of sulfonamides is 1. The largest absolute Gasteiger partial charge is 0.497 e. The van der Waals surface area contributed by atoms with Gasteiger partial charge in [0.05, 0.1) is 13.4 Å². The summed E-state index contributed by atoms with van der Waals surface area (Å²) in [4.78, 5) is 12.2. The van der Waals surface area contributed by atoms with Gasteiger partial charge in [-0.3, -0.25) is 4.79 Å². The second-order valence-electron chi connectivity index (χ2n) is 6.18. The maximum absolute atomic E-state index is 12.2. The Bertz CT molecular complexity index is 635. The average Bonchev–Trinajstić information content (AvgIpc) is 2.58. The minimum atomic E-state index is -3.14. The normalized spacial score (nSPS) is 16.8. The van der Waals surface area contributed by atoms with Gasteiger partial charge in [0.2, 0.25) is 15.9 Å². The molecule has 134 valence electrons. The lowest BCUT2D eigenvalue weighted by atomic mass is 9.97. The third kappa shape index (κ3) is 5.49. The Morgan fingerprint density at radius 2 is 1.88 bits per heavy atom. The molecule has 1 aromatic rings. The molecule has 1 aliphatic heterocycles. The molecule has 1 saturated heterocycles. The van der Waals surface area contributed by atoms with Crippen LogP contribution in [-0.2, 0) is 21.2 Å². The van der Waals surface area contributed by atoms with Gasteiger partial charge in [0.15, 0.2) is 0 Å². The summed E-state index contributed by atoms with van der Waals surface area (Å²) in [5.74, 6) is 0.800. The molecule has 0 saturated carbocycles. The molecule has 0 spiro atoms. The number of nitrogens with one attached hydrogen (secondary N) is 1. The number of nitrogens with zero attached hydrogens (tertiary/aromatic N) is 1. The molecular weight excluding hydrogens is 328 g/mol. The Morgan fingerprint density at radius 3 is 2.42 bits per heavy atom. The highest BCUT2D eigenvalue weighted by Crippen LogP contribution is 2.19. The van der Waals surface area contributed by atoms with Crippen LogP contribution in [0.5, 0.6) is 5.75 Å². The molecule has 0 aromatic heterocycles. The first-order valence-electron chi connectivity index (χ1n) is 8.26. The van der Waals surface area contributed by atoms with Gasteiger partial charge in [-0.2, -0.15) is 0 Å². The van der Waals surface area contributed by atoms with Crippen LogP contribution in [0.4, 0.5) is 0 Å². The van der Waals surface area contributed by atoms with Gasteiger partial charge < -0.3 is 10.1 Å². The molecule has 0 aliphatic carbocycles. The molecule has 1 aliphatic rings. The second-order valence-corrected chi connectivity index (χ2v) is 8.16. The van der Waals surface area contributed by atoms with E-state index in [0.717, 1.165) is 18.6 Å². The number of carbonyl (C=O) groups is 1. The molecule has 1 N–H and O–H groups in total. The van der Waals surface area contributed by atoms with E-state index in [1.807, 2.05) is 24.3 Å². The quantitative estimate of drug-likeness (QED) is 0.752. The van der Waals surface area contributed by atoms with Crippen molar-refractivity contribution in [2.24, 2.45) is 5.92 Å². The number of rotatable bonds is 7. The van der Waals surface area contributed by atoms with Crippen molar-refractivity contribution in [3.05, 3.63) is 29.8 Å². The van der Waals surface area contributed by atoms with E-state index in [4.69, 9.17) is 4.74 Å². The summed E-state index contributed by atoms with van der Waals surface area (Å²) >= 11 is 0. The summed E-state index contributed by atoms with van der Waals surface area (Å²) in [5.41, 5.74) is 1.21. The van der Waals surface area contributed by atoms with Crippen molar-refractivity contribution in [1.82, 2.24) is 9.62 Å².